The number of H-pyrrole nitrogens is 1. The van der Waals surface area contributed by atoms with Gasteiger partial charge in [0.25, 0.3) is 0 Å². The molecule has 0 saturated carbocycles. The lowest BCUT2D eigenvalue weighted by molar-refractivity contribution is -0.131. The lowest BCUT2D eigenvalue weighted by Crippen LogP contribution is -2.32. The van der Waals surface area contributed by atoms with E-state index in [0.717, 1.165) is 46.9 Å². The molecule has 1 aromatic heterocycles. The third-order valence-electron chi connectivity index (χ3n) is 4.44. The molecule has 2 heterocycles. The van der Waals surface area contributed by atoms with E-state index in [0.29, 0.717) is 6.42 Å². The molecule has 116 valence electrons. The fourth-order valence-corrected chi connectivity index (χ4v) is 3.31. The van der Waals surface area contributed by atoms with E-state index in [-0.39, 0.29) is 11.9 Å². The number of aromatic nitrogens is 2. The number of hydrogen-bond acceptors (Lipinski definition) is 2. The SMILES string of the molecule is Cc1n[nH]c(C)c1CC(=O)N1CCCC1c1ccc(Cl)cc1. The summed E-state index contributed by atoms with van der Waals surface area (Å²) < 4.78 is 0. The van der Waals surface area contributed by atoms with Crippen LogP contribution in [0.15, 0.2) is 24.3 Å². The van der Waals surface area contributed by atoms with Gasteiger partial charge >= 0.3 is 0 Å². The third kappa shape index (κ3) is 2.88. The van der Waals surface area contributed by atoms with Gasteiger partial charge in [-0.15, -0.1) is 0 Å². The fourth-order valence-electron chi connectivity index (χ4n) is 3.18. The van der Waals surface area contributed by atoms with Crippen molar-refractivity contribution >= 4 is 17.5 Å². The van der Waals surface area contributed by atoms with Crippen LogP contribution in [-0.2, 0) is 11.2 Å². The average Bonchev–Trinajstić information content (AvgIpc) is 3.10. The molecule has 1 N–H and O–H groups in total. The van der Waals surface area contributed by atoms with Gasteiger partial charge in [-0.25, -0.2) is 0 Å². The van der Waals surface area contributed by atoms with Gasteiger partial charge in [0.05, 0.1) is 18.2 Å². The van der Waals surface area contributed by atoms with Gasteiger partial charge in [0.2, 0.25) is 5.91 Å². The fraction of sp³-hybridized carbons (Fsp3) is 0.412. The van der Waals surface area contributed by atoms with Crippen molar-refractivity contribution in [2.24, 2.45) is 0 Å². The van der Waals surface area contributed by atoms with Crippen LogP contribution >= 0.6 is 11.6 Å². The van der Waals surface area contributed by atoms with Crippen LogP contribution in [0, 0.1) is 13.8 Å². The number of halogens is 1. The third-order valence-corrected chi connectivity index (χ3v) is 4.69. The van der Waals surface area contributed by atoms with Gasteiger partial charge < -0.3 is 4.90 Å². The van der Waals surface area contributed by atoms with Crippen LogP contribution in [0.5, 0.6) is 0 Å². The summed E-state index contributed by atoms with van der Waals surface area (Å²) in [4.78, 5) is 14.7. The van der Waals surface area contributed by atoms with Gasteiger partial charge in [-0.2, -0.15) is 5.10 Å². The lowest BCUT2D eigenvalue weighted by atomic mass is 10.0. The number of likely N-dealkylation sites (tertiary alicyclic amines) is 1. The van der Waals surface area contributed by atoms with Crippen molar-refractivity contribution in [3.05, 3.63) is 51.8 Å². The Morgan fingerprint density at radius 2 is 2.09 bits per heavy atom. The Hall–Kier alpha value is -1.81. The van der Waals surface area contributed by atoms with Crippen molar-refractivity contribution in [3.8, 4) is 0 Å². The quantitative estimate of drug-likeness (QED) is 0.940. The molecule has 1 amide bonds. The molecular weight excluding hydrogens is 298 g/mol. The first-order valence-electron chi connectivity index (χ1n) is 7.61. The van der Waals surface area contributed by atoms with Crippen LogP contribution in [-0.4, -0.2) is 27.5 Å². The van der Waals surface area contributed by atoms with Crippen molar-refractivity contribution in [2.45, 2.75) is 39.2 Å². The zero-order valence-corrected chi connectivity index (χ0v) is 13.7. The van der Waals surface area contributed by atoms with E-state index >= 15 is 0 Å². The zero-order valence-electron chi connectivity index (χ0n) is 12.9. The largest absolute Gasteiger partial charge is 0.335 e. The van der Waals surface area contributed by atoms with Crippen LogP contribution in [0.25, 0.3) is 0 Å². The highest BCUT2D eigenvalue weighted by molar-refractivity contribution is 6.30. The molecule has 1 unspecified atom stereocenters. The maximum absolute atomic E-state index is 12.7. The molecule has 0 radical (unpaired) electrons. The van der Waals surface area contributed by atoms with E-state index in [9.17, 15) is 4.79 Å². The smallest absolute Gasteiger partial charge is 0.227 e. The Balaban J connectivity index is 1.78. The van der Waals surface area contributed by atoms with Crippen LogP contribution in [0.1, 0.15) is 41.4 Å². The highest BCUT2D eigenvalue weighted by Gasteiger charge is 2.30. The second-order valence-corrected chi connectivity index (χ2v) is 6.32. The van der Waals surface area contributed by atoms with Crippen LogP contribution < -0.4 is 0 Å². The molecule has 0 aliphatic carbocycles. The summed E-state index contributed by atoms with van der Waals surface area (Å²) in [5.74, 6) is 0.171. The van der Waals surface area contributed by atoms with Crippen LogP contribution in [0.4, 0.5) is 0 Å². The summed E-state index contributed by atoms with van der Waals surface area (Å²) in [6.45, 7) is 4.72. The summed E-state index contributed by atoms with van der Waals surface area (Å²) in [5, 5.41) is 7.85. The van der Waals surface area contributed by atoms with Crippen molar-refractivity contribution < 1.29 is 4.79 Å². The van der Waals surface area contributed by atoms with Crippen LogP contribution in [0.2, 0.25) is 5.02 Å². The Kier molecular flexibility index (Phi) is 4.21. The number of hydrogen-bond donors (Lipinski definition) is 1. The highest BCUT2D eigenvalue weighted by atomic mass is 35.5. The predicted molar refractivity (Wildman–Crippen MR) is 86.9 cm³/mol. The van der Waals surface area contributed by atoms with Gasteiger partial charge in [-0.1, -0.05) is 23.7 Å². The topological polar surface area (TPSA) is 49.0 Å². The first kappa shape index (κ1) is 15.1. The number of rotatable bonds is 3. The summed E-state index contributed by atoms with van der Waals surface area (Å²) in [6, 6.07) is 7.99. The second-order valence-electron chi connectivity index (χ2n) is 5.89. The minimum absolute atomic E-state index is 0.164. The summed E-state index contributed by atoms with van der Waals surface area (Å²) >= 11 is 5.96. The minimum Gasteiger partial charge on any atom is -0.335 e. The molecule has 1 saturated heterocycles. The number of nitrogens with one attached hydrogen (secondary N) is 1. The predicted octanol–water partition coefficient (Wildman–Crippen LogP) is 3.59. The monoisotopic (exact) mass is 317 g/mol. The molecular formula is C17H20ClN3O. The minimum atomic E-state index is 0.164. The number of benzene rings is 1. The standard InChI is InChI=1S/C17H20ClN3O/c1-11-15(12(2)20-19-11)10-17(22)21-9-3-4-16(21)13-5-7-14(18)8-6-13/h5-8,16H,3-4,9-10H2,1-2H3,(H,19,20). The second kappa shape index (κ2) is 6.13. The molecule has 0 bridgehead atoms. The molecule has 1 aliphatic rings. The van der Waals surface area contributed by atoms with Gasteiger partial charge in [0.15, 0.2) is 0 Å². The first-order valence-corrected chi connectivity index (χ1v) is 7.99. The normalized spacial score (nSPS) is 18.0. The van der Waals surface area contributed by atoms with Crippen molar-refractivity contribution in [3.63, 3.8) is 0 Å². The Labute approximate surface area is 135 Å². The first-order chi connectivity index (χ1) is 10.6. The van der Waals surface area contributed by atoms with Gasteiger partial charge in [0.1, 0.15) is 0 Å². The summed E-state index contributed by atoms with van der Waals surface area (Å²) in [5.41, 5.74) is 4.07. The zero-order chi connectivity index (χ0) is 15.7. The molecule has 0 spiro atoms. The molecule has 1 aromatic carbocycles. The number of nitrogens with zero attached hydrogens (tertiary/aromatic N) is 2. The van der Waals surface area contributed by atoms with Crippen molar-refractivity contribution in [2.75, 3.05) is 6.54 Å². The summed E-state index contributed by atoms with van der Waals surface area (Å²) in [7, 11) is 0. The molecule has 1 fully saturated rings. The van der Waals surface area contributed by atoms with Gasteiger partial charge in [-0.05, 0) is 44.4 Å². The van der Waals surface area contributed by atoms with E-state index in [1.165, 1.54) is 0 Å². The molecule has 22 heavy (non-hydrogen) atoms. The molecule has 4 nitrogen and oxygen atoms in total. The van der Waals surface area contributed by atoms with E-state index in [1.807, 2.05) is 43.0 Å². The van der Waals surface area contributed by atoms with E-state index < -0.39 is 0 Å². The highest BCUT2D eigenvalue weighted by Crippen LogP contribution is 2.33. The Morgan fingerprint density at radius 1 is 1.36 bits per heavy atom. The number of aromatic amines is 1. The Morgan fingerprint density at radius 3 is 2.73 bits per heavy atom. The van der Waals surface area contributed by atoms with Crippen LogP contribution in [0.3, 0.4) is 0 Å². The molecule has 5 heteroatoms. The van der Waals surface area contributed by atoms with Gasteiger partial charge in [-0.3, -0.25) is 9.89 Å². The maximum atomic E-state index is 12.7. The molecule has 1 atom stereocenters. The molecule has 2 aromatic rings. The lowest BCUT2D eigenvalue weighted by Gasteiger charge is -2.25. The maximum Gasteiger partial charge on any atom is 0.227 e. The number of amides is 1. The van der Waals surface area contributed by atoms with Crippen molar-refractivity contribution in [1.29, 1.82) is 0 Å². The van der Waals surface area contributed by atoms with E-state index in [4.69, 9.17) is 11.6 Å². The van der Waals surface area contributed by atoms with Gasteiger partial charge in [0, 0.05) is 22.8 Å². The average molecular weight is 318 g/mol. The molecule has 1 aliphatic heterocycles. The Bertz CT molecular complexity index is 658. The van der Waals surface area contributed by atoms with E-state index in [2.05, 4.69) is 10.2 Å². The summed E-state index contributed by atoms with van der Waals surface area (Å²) in [6.07, 6.45) is 2.47. The number of aryl methyl sites for hydroxylation is 2. The number of carbonyl (C=O) groups excluding carboxylic acids is 1. The molecule has 3 rings (SSSR count). The van der Waals surface area contributed by atoms with Crippen molar-refractivity contribution in [1.82, 2.24) is 15.1 Å². The van der Waals surface area contributed by atoms with E-state index in [1.54, 1.807) is 0 Å². The number of carbonyl (C=O) groups is 1.